The Morgan fingerprint density at radius 3 is 2.39 bits per heavy atom. The number of aromatic nitrogens is 1. The average Bonchev–Trinajstić information content (AvgIpc) is 3.42. The summed E-state index contributed by atoms with van der Waals surface area (Å²) in [6, 6.07) is 20.6. The summed E-state index contributed by atoms with van der Waals surface area (Å²) in [5.74, 6) is -0.443. The Morgan fingerprint density at radius 2 is 1.67 bits per heavy atom. The lowest BCUT2D eigenvalue weighted by atomic mass is 9.95. The largest absolute Gasteiger partial charge is 0.507 e. The number of rotatable bonds is 7. The van der Waals surface area contributed by atoms with E-state index in [9.17, 15) is 14.7 Å². The SMILES string of the molecule is CCOc1cccc(C2/C(=C(\O)c3ccccc3)C(=O)C(=O)N2c2nc3ccc(OCC)cc3s2)c1. The number of carbonyl (C=O) groups excluding carboxylic acids is 2. The average molecular weight is 501 g/mol. The van der Waals surface area contributed by atoms with Crippen LogP contribution in [0.15, 0.2) is 78.4 Å². The van der Waals surface area contributed by atoms with Crippen LogP contribution in [-0.2, 0) is 9.59 Å². The second-order valence-corrected chi connectivity index (χ2v) is 9.11. The van der Waals surface area contributed by atoms with E-state index in [1.165, 1.54) is 16.2 Å². The Hall–Kier alpha value is -4.17. The van der Waals surface area contributed by atoms with Crippen LogP contribution in [0.5, 0.6) is 11.5 Å². The van der Waals surface area contributed by atoms with Gasteiger partial charge in [0.1, 0.15) is 17.3 Å². The van der Waals surface area contributed by atoms with E-state index in [1.807, 2.05) is 50.2 Å². The molecule has 0 saturated carbocycles. The molecule has 1 aliphatic heterocycles. The van der Waals surface area contributed by atoms with E-state index in [1.54, 1.807) is 36.4 Å². The molecule has 36 heavy (non-hydrogen) atoms. The van der Waals surface area contributed by atoms with Crippen LogP contribution in [-0.4, -0.2) is 35.0 Å². The predicted molar refractivity (Wildman–Crippen MR) is 140 cm³/mol. The number of ether oxygens (including phenoxy) is 2. The number of carbonyl (C=O) groups is 2. The van der Waals surface area contributed by atoms with Gasteiger partial charge in [0.15, 0.2) is 5.13 Å². The first-order chi connectivity index (χ1) is 17.5. The minimum Gasteiger partial charge on any atom is -0.507 e. The normalized spacial score (nSPS) is 17.1. The maximum absolute atomic E-state index is 13.4. The number of benzene rings is 3. The number of nitrogens with zero attached hydrogens (tertiary/aromatic N) is 2. The van der Waals surface area contributed by atoms with Crippen molar-refractivity contribution in [1.82, 2.24) is 4.98 Å². The summed E-state index contributed by atoms with van der Waals surface area (Å²) in [5, 5.41) is 11.6. The molecule has 182 valence electrons. The summed E-state index contributed by atoms with van der Waals surface area (Å²) in [4.78, 5) is 32.8. The maximum atomic E-state index is 13.4. The molecule has 1 unspecified atom stereocenters. The van der Waals surface area contributed by atoms with Crippen molar-refractivity contribution >= 4 is 44.1 Å². The highest BCUT2D eigenvalue weighted by Gasteiger charge is 2.48. The number of amides is 1. The highest BCUT2D eigenvalue weighted by atomic mass is 32.1. The summed E-state index contributed by atoms with van der Waals surface area (Å²) in [7, 11) is 0. The van der Waals surface area contributed by atoms with Gasteiger partial charge in [-0.1, -0.05) is 53.8 Å². The van der Waals surface area contributed by atoms with Crippen molar-refractivity contribution in [3.8, 4) is 11.5 Å². The molecule has 1 amide bonds. The molecule has 1 saturated heterocycles. The molecule has 1 N–H and O–H groups in total. The highest BCUT2D eigenvalue weighted by molar-refractivity contribution is 7.22. The number of hydrogen-bond donors (Lipinski definition) is 1. The van der Waals surface area contributed by atoms with Gasteiger partial charge in [-0.05, 0) is 49.7 Å². The minimum absolute atomic E-state index is 0.00844. The first-order valence-electron chi connectivity index (χ1n) is 11.6. The standard InChI is InChI=1S/C28H24N2O5S/c1-3-34-19-12-8-11-18(15-19)24-23(25(31)17-9-6-5-7-10-17)26(32)27(33)30(24)28-29-21-14-13-20(35-4-2)16-22(21)36-28/h5-16,24,31H,3-4H2,1-2H3/b25-23+. The van der Waals surface area contributed by atoms with Gasteiger partial charge in [0.25, 0.3) is 5.78 Å². The van der Waals surface area contributed by atoms with Crippen LogP contribution in [0, 0.1) is 0 Å². The highest BCUT2D eigenvalue weighted by Crippen LogP contribution is 2.45. The fourth-order valence-electron chi connectivity index (χ4n) is 4.29. The summed E-state index contributed by atoms with van der Waals surface area (Å²) in [5.41, 5.74) is 1.78. The Bertz CT molecular complexity index is 1480. The van der Waals surface area contributed by atoms with Crippen molar-refractivity contribution in [1.29, 1.82) is 0 Å². The molecule has 1 fully saturated rings. The number of thiazole rings is 1. The minimum atomic E-state index is -0.877. The second-order valence-electron chi connectivity index (χ2n) is 8.10. The number of fused-ring (bicyclic) bond motifs is 1. The molecular formula is C28H24N2O5S. The molecule has 0 bridgehead atoms. The Morgan fingerprint density at radius 1 is 0.944 bits per heavy atom. The number of aliphatic hydroxyl groups excluding tert-OH is 1. The van der Waals surface area contributed by atoms with Crippen LogP contribution in [0.3, 0.4) is 0 Å². The lowest BCUT2D eigenvalue weighted by Gasteiger charge is -2.23. The van der Waals surface area contributed by atoms with E-state index < -0.39 is 17.7 Å². The third-order valence-electron chi connectivity index (χ3n) is 5.84. The molecule has 3 aromatic carbocycles. The van der Waals surface area contributed by atoms with Crippen molar-refractivity contribution in [2.45, 2.75) is 19.9 Å². The predicted octanol–water partition coefficient (Wildman–Crippen LogP) is 5.72. The van der Waals surface area contributed by atoms with E-state index in [-0.39, 0.29) is 11.3 Å². The van der Waals surface area contributed by atoms with Crippen LogP contribution in [0.1, 0.15) is 31.0 Å². The first kappa shape index (κ1) is 23.6. The van der Waals surface area contributed by atoms with Crippen molar-refractivity contribution in [2.75, 3.05) is 18.1 Å². The summed E-state index contributed by atoms with van der Waals surface area (Å²) < 4.78 is 12.1. The van der Waals surface area contributed by atoms with Crippen molar-refractivity contribution in [2.24, 2.45) is 0 Å². The molecule has 5 rings (SSSR count). The number of anilines is 1. The van der Waals surface area contributed by atoms with Crippen LogP contribution in [0.4, 0.5) is 5.13 Å². The molecule has 0 radical (unpaired) electrons. The van der Waals surface area contributed by atoms with Gasteiger partial charge in [0, 0.05) is 5.56 Å². The van der Waals surface area contributed by atoms with Crippen LogP contribution < -0.4 is 14.4 Å². The lowest BCUT2D eigenvalue weighted by molar-refractivity contribution is -0.132. The molecule has 1 atom stereocenters. The van der Waals surface area contributed by atoms with E-state index in [0.717, 1.165) is 4.70 Å². The zero-order chi connectivity index (χ0) is 25.2. The van der Waals surface area contributed by atoms with Gasteiger partial charge in [-0.2, -0.15) is 0 Å². The molecule has 8 heteroatoms. The lowest BCUT2D eigenvalue weighted by Crippen LogP contribution is -2.29. The molecule has 7 nitrogen and oxygen atoms in total. The zero-order valence-corrected chi connectivity index (χ0v) is 20.6. The number of ketones is 1. The quantitative estimate of drug-likeness (QED) is 0.198. The number of aliphatic hydroxyl groups is 1. The van der Waals surface area contributed by atoms with Gasteiger partial charge in [-0.3, -0.25) is 14.5 Å². The Labute approximate surface area is 212 Å². The van der Waals surface area contributed by atoms with E-state index in [4.69, 9.17) is 9.47 Å². The zero-order valence-electron chi connectivity index (χ0n) is 19.8. The Kier molecular flexibility index (Phi) is 6.43. The van der Waals surface area contributed by atoms with Gasteiger partial charge >= 0.3 is 5.91 Å². The first-order valence-corrected chi connectivity index (χ1v) is 12.5. The maximum Gasteiger partial charge on any atom is 0.301 e. The van der Waals surface area contributed by atoms with Gasteiger partial charge in [-0.25, -0.2) is 4.98 Å². The molecule has 2 heterocycles. The van der Waals surface area contributed by atoms with Gasteiger partial charge in [0.05, 0.1) is 35.0 Å². The van der Waals surface area contributed by atoms with E-state index in [2.05, 4.69) is 4.98 Å². The third-order valence-corrected chi connectivity index (χ3v) is 6.86. The van der Waals surface area contributed by atoms with Crippen LogP contribution in [0.25, 0.3) is 16.0 Å². The van der Waals surface area contributed by atoms with Crippen molar-refractivity contribution in [3.63, 3.8) is 0 Å². The molecular weight excluding hydrogens is 476 g/mol. The summed E-state index contributed by atoms with van der Waals surface area (Å²) in [6.07, 6.45) is 0. The number of Topliss-reactive ketones (excluding diaryl/α,β-unsaturated/α-hetero) is 1. The summed E-state index contributed by atoms with van der Waals surface area (Å²) >= 11 is 1.29. The van der Waals surface area contributed by atoms with Crippen molar-refractivity contribution in [3.05, 3.63) is 89.5 Å². The van der Waals surface area contributed by atoms with Crippen LogP contribution in [0.2, 0.25) is 0 Å². The molecule has 0 spiro atoms. The van der Waals surface area contributed by atoms with Gasteiger partial charge < -0.3 is 14.6 Å². The molecule has 0 aliphatic carbocycles. The van der Waals surface area contributed by atoms with Gasteiger partial charge in [-0.15, -0.1) is 0 Å². The fraction of sp³-hybridized carbons (Fsp3) is 0.179. The smallest absolute Gasteiger partial charge is 0.301 e. The third kappa shape index (κ3) is 4.20. The Balaban J connectivity index is 1.69. The topological polar surface area (TPSA) is 89.0 Å². The molecule has 4 aromatic rings. The van der Waals surface area contributed by atoms with Gasteiger partial charge in [0.2, 0.25) is 0 Å². The van der Waals surface area contributed by atoms with E-state index in [0.29, 0.717) is 46.5 Å². The van der Waals surface area contributed by atoms with Crippen molar-refractivity contribution < 1.29 is 24.2 Å². The molecule has 1 aliphatic rings. The van der Waals surface area contributed by atoms with Crippen LogP contribution >= 0.6 is 11.3 Å². The molecule has 1 aromatic heterocycles. The fourth-order valence-corrected chi connectivity index (χ4v) is 5.31. The summed E-state index contributed by atoms with van der Waals surface area (Å²) in [6.45, 7) is 4.78. The monoisotopic (exact) mass is 500 g/mol. The second kappa shape index (κ2) is 9.83. The van der Waals surface area contributed by atoms with E-state index >= 15 is 0 Å². The number of hydrogen-bond acceptors (Lipinski definition) is 7.